The molecule has 0 fully saturated rings. The number of esters is 3. The minimum atomic E-state index is -0.815. The fourth-order valence-electron chi connectivity index (χ4n) is 6.74. The van der Waals surface area contributed by atoms with Crippen LogP contribution in [0.4, 0.5) is 0 Å². The summed E-state index contributed by atoms with van der Waals surface area (Å²) in [6.07, 6.45) is 60.5. The molecule has 0 N–H and O–H groups in total. The van der Waals surface area contributed by atoms with Crippen molar-refractivity contribution >= 4 is 17.9 Å². The topological polar surface area (TPSA) is 78.9 Å². The Bertz CT molecular complexity index is 1140. The van der Waals surface area contributed by atoms with E-state index in [1.165, 1.54) is 109 Å². The first kappa shape index (κ1) is 56.9. The third-order valence-electron chi connectivity index (χ3n) is 10.5. The van der Waals surface area contributed by atoms with Crippen molar-refractivity contribution in [3.05, 3.63) is 72.9 Å². The average Bonchev–Trinajstić information content (AvgIpc) is 3.24. The highest BCUT2D eigenvalue weighted by Gasteiger charge is 2.19. The van der Waals surface area contributed by atoms with Crippen LogP contribution in [0.15, 0.2) is 72.9 Å². The summed E-state index contributed by atoms with van der Waals surface area (Å²) < 4.78 is 16.7. The van der Waals surface area contributed by atoms with E-state index in [9.17, 15) is 14.4 Å². The van der Waals surface area contributed by atoms with E-state index in [0.717, 1.165) is 83.5 Å². The zero-order chi connectivity index (χ0) is 43.7. The maximum atomic E-state index is 12.8. The Hall–Kier alpha value is -3.15. The molecule has 1 unspecified atom stereocenters. The third kappa shape index (κ3) is 45.9. The third-order valence-corrected chi connectivity index (χ3v) is 10.5. The largest absolute Gasteiger partial charge is 0.462 e. The smallest absolute Gasteiger partial charge is 0.309 e. The average molecular weight is 837 g/mol. The Kier molecular flexibility index (Phi) is 46.0. The van der Waals surface area contributed by atoms with Crippen molar-refractivity contribution < 1.29 is 28.6 Å². The molecule has 0 spiro atoms. The van der Waals surface area contributed by atoms with Crippen LogP contribution in [0.5, 0.6) is 0 Å². The monoisotopic (exact) mass is 837 g/mol. The van der Waals surface area contributed by atoms with Gasteiger partial charge in [-0.3, -0.25) is 14.4 Å². The van der Waals surface area contributed by atoms with E-state index in [0.29, 0.717) is 12.8 Å². The Morgan fingerprint density at radius 1 is 0.367 bits per heavy atom. The lowest BCUT2D eigenvalue weighted by Crippen LogP contribution is -2.30. The summed E-state index contributed by atoms with van der Waals surface area (Å²) in [7, 11) is 0. The first-order valence-corrected chi connectivity index (χ1v) is 24.9. The zero-order valence-electron chi connectivity index (χ0n) is 39.2. The predicted octanol–water partition coefficient (Wildman–Crippen LogP) is 16.3. The number of allylic oxidation sites excluding steroid dienone is 11. The summed E-state index contributed by atoms with van der Waals surface area (Å²) >= 11 is 0. The van der Waals surface area contributed by atoms with Gasteiger partial charge in [-0.15, -0.1) is 0 Å². The molecule has 0 radical (unpaired) electrons. The Balaban J connectivity index is 4.50. The Labute approximate surface area is 370 Å². The van der Waals surface area contributed by atoms with Crippen LogP contribution >= 0.6 is 0 Å². The van der Waals surface area contributed by atoms with Gasteiger partial charge in [-0.2, -0.15) is 0 Å². The molecule has 6 heteroatoms. The van der Waals surface area contributed by atoms with Gasteiger partial charge in [0.15, 0.2) is 6.10 Å². The number of hydrogen-bond acceptors (Lipinski definition) is 6. The summed E-state index contributed by atoms with van der Waals surface area (Å²) in [6, 6.07) is 0. The number of carbonyl (C=O) groups is 3. The fourth-order valence-corrected chi connectivity index (χ4v) is 6.74. The molecule has 0 aliphatic heterocycles. The van der Waals surface area contributed by atoms with E-state index in [2.05, 4.69) is 81.5 Å². The van der Waals surface area contributed by atoms with Crippen LogP contribution in [0.3, 0.4) is 0 Å². The van der Waals surface area contributed by atoms with Gasteiger partial charge < -0.3 is 14.2 Å². The molecule has 0 saturated carbocycles. The number of ether oxygens (including phenoxy) is 3. The Morgan fingerprint density at radius 2 is 0.717 bits per heavy atom. The van der Waals surface area contributed by atoms with Gasteiger partial charge in [0.05, 0.1) is 6.42 Å². The van der Waals surface area contributed by atoms with Crippen molar-refractivity contribution in [3.63, 3.8) is 0 Å². The van der Waals surface area contributed by atoms with Crippen molar-refractivity contribution in [2.24, 2.45) is 0 Å². The van der Waals surface area contributed by atoms with Crippen molar-refractivity contribution in [1.29, 1.82) is 0 Å². The molecular formula is C54H92O6. The minimum absolute atomic E-state index is 0.108. The standard InChI is InChI=1S/C54H92O6/c1-4-7-10-13-16-19-22-25-27-29-32-35-38-41-44-47-53(56)59-50-51(49-58-52(55)46-43-40-37-34-31-24-21-18-15-12-9-6-3)60-54(57)48-45-42-39-36-33-30-28-26-23-20-17-14-11-8-5-2/h7,10,16,18-19,21,25,27,32,35,41,44,51H,4-6,8-9,11-15,17,20,22-24,26,28-31,33-34,36-40,42-43,45-50H2,1-3H3/b10-7-,19-16-,21-18-,27-25-,35-32-,44-41-. The van der Waals surface area contributed by atoms with Crippen LogP contribution < -0.4 is 0 Å². The molecule has 0 aliphatic rings. The van der Waals surface area contributed by atoms with Gasteiger partial charge in [0, 0.05) is 12.8 Å². The summed E-state index contributed by atoms with van der Waals surface area (Å²) in [4.78, 5) is 37.8. The Morgan fingerprint density at radius 3 is 1.18 bits per heavy atom. The molecule has 1 atom stereocenters. The maximum absolute atomic E-state index is 12.8. The number of unbranched alkanes of at least 4 members (excludes halogenated alkanes) is 22. The van der Waals surface area contributed by atoms with Crippen molar-refractivity contribution in [2.45, 2.75) is 239 Å². The minimum Gasteiger partial charge on any atom is -0.462 e. The quantitative estimate of drug-likeness (QED) is 0.0263. The van der Waals surface area contributed by atoms with E-state index in [1.54, 1.807) is 6.08 Å². The second-order valence-corrected chi connectivity index (χ2v) is 16.4. The van der Waals surface area contributed by atoms with Crippen LogP contribution in [-0.4, -0.2) is 37.2 Å². The molecule has 0 aromatic heterocycles. The second-order valence-electron chi connectivity index (χ2n) is 16.4. The lowest BCUT2D eigenvalue weighted by Gasteiger charge is -2.18. The highest BCUT2D eigenvalue weighted by molar-refractivity contribution is 5.72. The van der Waals surface area contributed by atoms with E-state index in [-0.39, 0.29) is 31.6 Å². The van der Waals surface area contributed by atoms with Gasteiger partial charge in [0.1, 0.15) is 13.2 Å². The number of rotatable bonds is 44. The van der Waals surface area contributed by atoms with Crippen LogP contribution in [-0.2, 0) is 28.6 Å². The first-order chi connectivity index (χ1) is 29.5. The molecule has 60 heavy (non-hydrogen) atoms. The van der Waals surface area contributed by atoms with Gasteiger partial charge in [-0.05, 0) is 70.6 Å². The molecule has 0 saturated heterocycles. The predicted molar refractivity (Wildman–Crippen MR) is 256 cm³/mol. The molecule has 0 amide bonds. The van der Waals surface area contributed by atoms with Gasteiger partial charge in [-0.25, -0.2) is 0 Å². The summed E-state index contributed by atoms with van der Waals surface area (Å²) in [5.41, 5.74) is 0. The number of hydrogen-bond donors (Lipinski definition) is 0. The molecule has 0 heterocycles. The normalized spacial score (nSPS) is 12.7. The van der Waals surface area contributed by atoms with Gasteiger partial charge in [-0.1, -0.05) is 216 Å². The summed E-state index contributed by atoms with van der Waals surface area (Å²) in [5, 5.41) is 0. The van der Waals surface area contributed by atoms with Gasteiger partial charge in [0.2, 0.25) is 0 Å². The molecule has 0 rings (SSSR count). The fraction of sp³-hybridized carbons (Fsp3) is 0.722. The van der Waals surface area contributed by atoms with Gasteiger partial charge in [0.25, 0.3) is 0 Å². The highest BCUT2D eigenvalue weighted by Crippen LogP contribution is 2.15. The molecular weight excluding hydrogens is 745 g/mol. The van der Waals surface area contributed by atoms with E-state index in [1.807, 2.05) is 6.08 Å². The summed E-state index contributed by atoms with van der Waals surface area (Å²) in [6.45, 7) is 6.40. The molecule has 344 valence electrons. The first-order valence-electron chi connectivity index (χ1n) is 24.9. The van der Waals surface area contributed by atoms with Gasteiger partial charge >= 0.3 is 17.9 Å². The highest BCUT2D eigenvalue weighted by atomic mass is 16.6. The maximum Gasteiger partial charge on any atom is 0.309 e. The van der Waals surface area contributed by atoms with E-state index in [4.69, 9.17) is 14.2 Å². The molecule has 0 aromatic carbocycles. The van der Waals surface area contributed by atoms with Crippen LogP contribution in [0.1, 0.15) is 233 Å². The molecule has 6 nitrogen and oxygen atoms in total. The lowest BCUT2D eigenvalue weighted by molar-refractivity contribution is -0.166. The van der Waals surface area contributed by atoms with Crippen LogP contribution in [0.2, 0.25) is 0 Å². The van der Waals surface area contributed by atoms with Crippen molar-refractivity contribution in [2.75, 3.05) is 13.2 Å². The molecule has 0 aromatic rings. The van der Waals surface area contributed by atoms with Crippen LogP contribution in [0, 0.1) is 0 Å². The zero-order valence-corrected chi connectivity index (χ0v) is 39.2. The summed E-state index contributed by atoms with van der Waals surface area (Å²) in [5.74, 6) is -1.05. The van der Waals surface area contributed by atoms with E-state index < -0.39 is 12.1 Å². The van der Waals surface area contributed by atoms with E-state index >= 15 is 0 Å². The van der Waals surface area contributed by atoms with Crippen LogP contribution in [0.25, 0.3) is 0 Å². The molecule has 0 bridgehead atoms. The number of carbonyl (C=O) groups excluding carboxylic acids is 3. The molecule has 0 aliphatic carbocycles. The SMILES string of the molecule is CC/C=C\C/C=C\C/C=C\C/C=C\C/C=C\CC(=O)OCC(COC(=O)CCCCCCC/C=C\CCCCC)OC(=O)CCCCCCCCCCCCCCCCC. The second kappa shape index (κ2) is 48.5. The van der Waals surface area contributed by atoms with Crippen molar-refractivity contribution in [3.8, 4) is 0 Å². The van der Waals surface area contributed by atoms with Crippen molar-refractivity contribution in [1.82, 2.24) is 0 Å². The lowest BCUT2D eigenvalue weighted by atomic mass is 10.0.